The van der Waals surface area contributed by atoms with Crippen LogP contribution >= 0.6 is 23.4 Å². The molecule has 3 heterocycles. The summed E-state index contributed by atoms with van der Waals surface area (Å²) >= 11 is 7.55. The number of anilines is 2. The van der Waals surface area contributed by atoms with Gasteiger partial charge in [-0.15, -0.1) is 0 Å². The van der Waals surface area contributed by atoms with Crippen molar-refractivity contribution in [3.05, 3.63) is 82.9 Å². The average Bonchev–Trinajstić information content (AvgIpc) is 3.55. The van der Waals surface area contributed by atoms with E-state index in [9.17, 15) is 9.59 Å². The number of aliphatic imine (C=N–C) groups is 1. The van der Waals surface area contributed by atoms with Crippen LogP contribution in [0.15, 0.2) is 76.0 Å². The number of halogens is 1. The number of carbonyl (C=O) groups is 2. The van der Waals surface area contributed by atoms with Gasteiger partial charge in [0, 0.05) is 17.8 Å². The van der Waals surface area contributed by atoms with Gasteiger partial charge in [0.25, 0.3) is 5.91 Å². The van der Waals surface area contributed by atoms with Gasteiger partial charge in [0.2, 0.25) is 5.91 Å². The number of ether oxygens (including phenoxy) is 1. The zero-order chi connectivity index (χ0) is 24.5. The Kier molecular flexibility index (Phi) is 6.40. The number of thioether (sulfide) groups is 1. The average molecular weight is 508 g/mol. The van der Waals surface area contributed by atoms with Gasteiger partial charge in [0.05, 0.1) is 29.8 Å². The van der Waals surface area contributed by atoms with Crippen LogP contribution in [0.25, 0.3) is 6.08 Å². The number of methoxy groups -OCH3 is 1. The van der Waals surface area contributed by atoms with Gasteiger partial charge < -0.3 is 14.1 Å². The second-order valence-corrected chi connectivity index (χ2v) is 9.48. The number of fused-ring (bicyclic) bond motifs is 1. The van der Waals surface area contributed by atoms with Gasteiger partial charge in [-0.25, -0.2) is 4.99 Å². The first kappa shape index (κ1) is 23.3. The van der Waals surface area contributed by atoms with Crippen molar-refractivity contribution in [2.45, 2.75) is 19.4 Å². The lowest BCUT2D eigenvalue weighted by molar-refractivity contribution is -0.116. The van der Waals surface area contributed by atoms with Crippen LogP contribution in [0.4, 0.5) is 11.4 Å². The van der Waals surface area contributed by atoms with Crippen molar-refractivity contribution in [3.63, 3.8) is 0 Å². The molecule has 0 unspecified atom stereocenters. The molecule has 0 aliphatic carbocycles. The van der Waals surface area contributed by atoms with E-state index < -0.39 is 0 Å². The number of benzene rings is 2. The summed E-state index contributed by atoms with van der Waals surface area (Å²) in [6.45, 7) is 2.04. The molecule has 0 fully saturated rings. The van der Waals surface area contributed by atoms with E-state index in [2.05, 4.69) is 4.99 Å². The van der Waals surface area contributed by atoms with E-state index in [0.717, 1.165) is 17.7 Å². The standard InChI is InChI=1S/C26H22ClN3O4S/c1-16-12-17-6-3-4-8-22(17)29(16)24(31)15-35-26-28-21(14-19-7-5-11-34-19)25(32)30(26)18-9-10-23(33-2)20(27)13-18/h3-11,13-14,16H,12,15H2,1-2H3/b21-14+/t16-/m1/s1. The van der Waals surface area contributed by atoms with Gasteiger partial charge in [-0.1, -0.05) is 41.6 Å². The fraction of sp³-hybridized carbons (Fsp3) is 0.192. The van der Waals surface area contributed by atoms with Crippen LogP contribution in [0, 0.1) is 0 Å². The lowest BCUT2D eigenvalue weighted by atomic mass is 10.1. The zero-order valence-electron chi connectivity index (χ0n) is 19.1. The minimum absolute atomic E-state index is 0.0428. The molecule has 2 aliphatic heterocycles. The molecule has 1 aromatic heterocycles. The Morgan fingerprint density at radius 2 is 2.09 bits per heavy atom. The number of hydrogen-bond acceptors (Lipinski definition) is 6. The van der Waals surface area contributed by atoms with Gasteiger partial charge in [-0.3, -0.25) is 14.5 Å². The maximum absolute atomic E-state index is 13.3. The van der Waals surface area contributed by atoms with E-state index in [4.69, 9.17) is 20.8 Å². The molecule has 0 bridgehead atoms. The smallest absolute Gasteiger partial charge is 0.283 e. The molecule has 0 saturated heterocycles. The summed E-state index contributed by atoms with van der Waals surface area (Å²) in [7, 11) is 1.53. The summed E-state index contributed by atoms with van der Waals surface area (Å²) in [5, 5.41) is 0.756. The van der Waals surface area contributed by atoms with Crippen LogP contribution in [-0.2, 0) is 16.0 Å². The Labute approximate surface area is 212 Å². The summed E-state index contributed by atoms with van der Waals surface area (Å²) in [5.74, 6) is 0.751. The number of amidine groups is 1. The number of nitrogens with zero attached hydrogens (tertiary/aromatic N) is 3. The highest BCUT2D eigenvalue weighted by molar-refractivity contribution is 8.14. The van der Waals surface area contributed by atoms with Crippen molar-refractivity contribution < 1.29 is 18.7 Å². The molecule has 0 spiro atoms. The molecular formula is C26H22ClN3O4S. The highest BCUT2D eigenvalue weighted by Crippen LogP contribution is 2.36. The van der Waals surface area contributed by atoms with Gasteiger partial charge in [0.15, 0.2) is 5.17 Å². The fourth-order valence-electron chi connectivity index (χ4n) is 4.26. The number of carbonyl (C=O) groups excluding carboxylic acids is 2. The maximum Gasteiger partial charge on any atom is 0.283 e. The van der Waals surface area contributed by atoms with Crippen LogP contribution in [0.2, 0.25) is 5.02 Å². The number of rotatable bonds is 5. The Morgan fingerprint density at radius 3 is 2.83 bits per heavy atom. The van der Waals surface area contributed by atoms with Crippen molar-refractivity contribution >= 4 is 57.8 Å². The van der Waals surface area contributed by atoms with Crippen molar-refractivity contribution in [1.82, 2.24) is 0 Å². The first-order chi connectivity index (χ1) is 17.0. The highest BCUT2D eigenvalue weighted by Gasteiger charge is 2.35. The molecule has 5 rings (SSSR count). The molecule has 3 aromatic rings. The molecule has 1 atom stereocenters. The van der Waals surface area contributed by atoms with Gasteiger partial charge >= 0.3 is 0 Å². The molecule has 0 saturated carbocycles. The first-order valence-corrected chi connectivity index (χ1v) is 12.4. The van der Waals surface area contributed by atoms with Gasteiger partial charge in [-0.2, -0.15) is 0 Å². The summed E-state index contributed by atoms with van der Waals surface area (Å²) in [4.78, 5) is 34.4. The van der Waals surface area contributed by atoms with Gasteiger partial charge in [-0.05, 0) is 55.3 Å². The van der Waals surface area contributed by atoms with Gasteiger partial charge in [0.1, 0.15) is 17.2 Å². The lowest BCUT2D eigenvalue weighted by Gasteiger charge is -2.23. The number of hydrogen-bond donors (Lipinski definition) is 0. The van der Waals surface area contributed by atoms with Crippen LogP contribution in [-0.4, -0.2) is 35.9 Å². The second-order valence-electron chi connectivity index (χ2n) is 8.13. The summed E-state index contributed by atoms with van der Waals surface area (Å²) in [6, 6.07) is 16.5. The van der Waals surface area contributed by atoms with E-state index in [0.29, 0.717) is 27.4 Å². The number of furan rings is 1. The Balaban J connectivity index is 1.43. The molecule has 2 amide bonds. The minimum atomic E-state index is -0.336. The maximum atomic E-state index is 13.3. The van der Waals surface area contributed by atoms with Crippen molar-refractivity contribution in [2.75, 3.05) is 22.7 Å². The van der Waals surface area contributed by atoms with Crippen molar-refractivity contribution in [1.29, 1.82) is 0 Å². The topological polar surface area (TPSA) is 75.3 Å². The van der Waals surface area contributed by atoms with E-state index >= 15 is 0 Å². The molecular weight excluding hydrogens is 486 g/mol. The summed E-state index contributed by atoms with van der Waals surface area (Å²) < 4.78 is 10.6. The summed E-state index contributed by atoms with van der Waals surface area (Å²) in [6.07, 6.45) is 3.92. The molecule has 9 heteroatoms. The molecule has 2 aromatic carbocycles. The quantitative estimate of drug-likeness (QED) is 0.432. The summed E-state index contributed by atoms with van der Waals surface area (Å²) in [5.41, 5.74) is 2.83. The van der Waals surface area contributed by atoms with E-state index in [-0.39, 0.29) is 29.3 Å². The molecule has 178 valence electrons. The van der Waals surface area contributed by atoms with Crippen molar-refractivity contribution in [2.24, 2.45) is 4.99 Å². The van der Waals surface area contributed by atoms with E-state index in [1.807, 2.05) is 36.1 Å². The van der Waals surface area contributed by atoms with Crippen LogP contribution in [0.3, 0.4) is 0 Å². The first-order valence-electron chi connectivity index (χ1n) is 11.0. The van der Waals surface area contributed by atoms with Crippen molar-refractivity contribution in [3.8, 4) is 5.75 Å². The molecule has 0 N–H and O–H groups in total. The molecule has 35 heavy (non-hydrogen) atoms. The highest BCUT2D eigenvalue weighted by atomic mass is 35.5. The third-order valence-corrected chi connectivity index (χ3v) is 7.06. The number of para-hydroxylation sites is 1. The minimum Gasteiger partial charge on any atom is -0.495 e. The SMILES string of the molecule is COc1ccc(N2C(=O)/C(=C\c3ccco3)N=C2SCC(=O)N2c3ccccc3C[C@H]2C)cc1Cl. The monoisotopic (exact) mass is 507 g/mol. The van der Waals surface area contributed by atoms with Crippen LogP contribution in [0.5, 0.6) is 5.75 Å². The molecule has 7 nitrogen and oxygen atoms in total. The molecule has 2 aliphatic rings. The normalized spacial score (nSPS) is 18.3. The predicted octanol–water partition coefficient (Wildman–Crippen LogP) is 5.40. The van der Waals surface area contributed by atoms with E-state index in [1.54, 1.807) is 36.4 Å². The largest absolute Gasteiger partial charge is 0.495 e. The third-order valence-electron chi connectivity index (χ3n) is 5.85. The zero-order valence-corrected chi connectivity index (χ0v) is 20.7. The Bertz CT molecular complexity index is 1350. The van der Waals surface area contributed by atoms with E-state index in [1.165, 1.54) is 30.0 Å². The van der Waals surface area contributed by atoms with Crippen LogP contribution in [0.1, 0.15) is 18.2 Å². The predicted molar refractivity (Wildman–Crippen MR) is 139 cm³/mol. The Hall–Kier alpha value is -3.49. The lowest BCUT2D eigenvalue weighted by Crippen LogP contribution is -2.38. The van der Waals surface area contributed by atoms with Crippen LogP contribution < -0.4 is 14.5 Å². The molecule has 0 radical (unpaired) electrons. The Morgan fingerprint density at radius 1 is 1.26 bits per heavy atom. The third kappa shape index (κ3) is 4.47. The number of amides is 2. The fourth-order valence-corrected chi connectivity index (χ4v) is 5.39. The second kappa shape index (κ2) is 9.64.